The highest BCUT2D eigenvalue weighted by Gasteiger charge is 2.17. The lowest BCUT2D eigenvalue weighted by Crippen LogP contribution is -2.26. The first-order valence-electron chi connectivity index (χ1n) is 7.14. The van der Waals surface area contributed by atoms with Crippen LogP contribution in [0.5, 0.6) is 0 Å². The van der Waals surface area contributed by atoms with Gasteiger partial charge in [0.05, 0.1) is 25.3 Å². The van der Waals surface area contributed by atoms with Crippen LogP contribution in [0.1, 0.15) is 21.6 Å². The largest absolute Gasteiger partial charge is 0.472 e. The van der Waals surface area contributed by atoms with Crippen molar-refractivity contribution in [1.82, 2.24) is 19.9 Å². The molecule has 0 aliphatic carbocycles. The summed E-state index contributed by atoms with van der Waals surface area (Å²) >= 11 is 0. The summed E-state index contributed by atoms with van der Waals surface area (Å²) in [6.45, 7) is 0.203. The van der Waals surface area contributed by atoms with Crippen molar-refractivity contribution in [3.63, 3.8) is 0 Å². The van der Waals surface area contributed by atoms with E-state index in [9.17, 15) is 13.6 Å². The van der Waals surface area contributed by atoms with Crippen molar-refractivity contribution in [2.24, 2.45) is 0 Å². The zero-order valence-corrected chi connectivity index (χ0v) is 12.8. The minimum Gasteiger partial charge on any atom is -0.472 e. The second-order valence-electron chi connectivity index (χ2n) is 5.29. The Labute approximate surface area is 136 Å². The molecule has 0 atom stereocenters. The zero-order valence-electron chi connectivity index (χ0n) is 12.8. The van der Waals surface area contributed by atoms with Crippen LogP contribution >= 0.6 is 0 Å². The molecule has 0 spiro atoms. The molecule has 6 nitrogen and oxygen atoms in total. The van der Waals surface area contributed by atoms with E-state index < -0.39 is 11.6 Å². The van der Waals surface area contributed by atoms with Crippen molar-refractivity contribution >= 4 is 5.91 Å². The fourth-order valence-electron chi connectivity index (χ4n) is 2.24. The molecular formula is C16H14F2N4O2. The number of carbonyl (C=O) groups is 1. The zero-order chi connectivity index (χ0) is 17.1. The Morgan fingerprint density at radius 3 is 2.71 bits per heavy atom. The molecule has 1 aromatic carbocycles. The second kappa shape index (κ2) is 6.61. The SMILES string of the molecule is CN(Cc1ccoc1)C(=O)c1cn(Cc2c(F)cccc2F)nn1. The molecule has 3 rings (SSSR count). The van der Waals surface area contributed by atoms with Gasteiger partial charge in [-0.1, -0.05) is 11.3 Å². The van der Waals surface area contributed by atoms with Crippen LogP contribution in [0.25, 0.3) is 0 Å². The van der Waals surface area contributed by atoms with Gasteiger partial charge in [-0.2, -0.15) is 0 Å². The molecule has 3 aromatic rings. The third-order valence-electron chi connectivity index (χ3n) is 3.49. The molecule has 2 heterocycles. The number of furan rings is 1. The quantitative estimate of drug-likeness (QED) is 0.720. The predicted molar refractivity (Wildman–Crippen MR) is 80.0 cm³/mol. The highest BCUT2D eigenvalue weighted by molar-refractivity contribution is 5.91. The van der Waals surface area contributed by atoms with Crippen molar-refractivity contribution in [2.75, 3.05) is 7.05 Å². The third kappa shape index (κ3) is 3.32. The van der Waals surface area contributed by atoms with Crippen LogP contribution < -0.4 is 0 Å². The van der Waals surface area contributed by atoms with E-state index in [1.165, 1.54) is 40.2 Å². The number of halogens is 2. The van der Waals surface area contributed by atoms with E-state index in [4.69, 9.17) is 4.42 Å². The maximum Gasteiger partial charge on any atom is 0.276 e. The molecule has 0 N–H and O–H groups in total. The molecule has 24 heavy (non-hydrogen) atoms. The van der Waals surface area contributed by atoms with Gasteiger partial charge in [-0.05, 0) is 18.2 Å². The smallest absolute Gasteiger partial charge is 0.276 e. The molecule has 2 aromatic heterocycles. The van der Waals surface area contributed by atoms with Gasteiger partial charge < -0.3 is 9.32 Å². The lowest BCUT2D eigenvalue weighted by atomic mass is 10.2. The topological polar surface area (TPSA) is 64.2 Å². The standard InChI is InChI=1S/C16H14F2N4O2/c1-21(7-11-5-6-24-10-11)16(23)15-9-22(20-19-15)8-12-13(17)3-2-4-14(12)18/h2-6,9-10H,7-8H2,1H3. The summed E-state index contributed by atoms with van der Waals surface area (Å²) in [4.78, 5) is 13.7. The number of rotatable bonds is 5. The summed E-state index contributed by atoms with van der Waals surface area (Å²) in [5.41, 5.74) is 0.803. The molecule has 0 aliphatic rings. The Morgan fingerprint density at radius 1 is 1.29 bits per heavy atom. The monoisotopic (exact) mass is 332 g/mol. The second-order valence-corrected chi connectivity index (χ2v) is 5.29. The summed E-state index contributed by atoms with van der Waals surface area (Å²) in [7, 11) is 1.62. The number of amides is 1. The molecule has 1 amide bonds. The summed E-state index contributed by atoms with van der Waals surface area (Å²) in [6, 6.07) is 5.37. The van der Waals surface area contributed by atoms with Gasteiger partial charge >= 0.3 is 0 Å². The number of nitrogens with zero attached hydrogens (tertiary/aromatic N) is 4. The van der Waals surface area contributed by atoms with E-state index in [-0.39, 0.29) is 23.7 Å². The Hall–Kier alpha value is -3.03. The summed E-state index contributed by atoms with van der Waals surface area (Å²) < 4.78 is 33.5. The van der Waals surface area contributed by atoms with Gasteiger partial charge in [0.1, 0.15) is 11.6 Å². The van der Waals surface area contributed by atoms with Crippen molar-refractivity contribution < 1.29 is 18.0 Å². The molecule has 0 saturated heterocycles. The molecule has 0 fully saturated rings. The maximum absolute atomic E-state index is 13.7. The summed E-state index contributed by atoms with van der Waals surface area (Å²) in [5.74, 6) is -1.69. The van der Waals surface area contributed by atoms with Crippen LogP contribution in [-0.4, -0.2) is 32.8 Å². The minimum atomic E-state index is -0.671. The van der Waals surface area contributed by atoms with Crippen LogP contribution in [0.15, 0.2) is 47.4 Å². The fraction of sp³-hybridized carbons (Fsp3) is 0.188. The molecule has 0 unspecified atom stereocenters. The van der Waals surface area contributed by atoms with E-state index in [0.29, 0.717) is 6.54 Å². The van der Waals surface area contributed by atoms with Crippen LogP contribution in [0.2, 0.25) is 0 Å². The van der Waals surface area contributed by atoms with E-state index in [0.717, 1.165) is 5.56 Å². The first-order valence-corrected chi connectivity index (χ1v) is 7.14. The van der Waals surface area contributed by atoms with Gasteiger partial charge in [0.15, 0.2) is 5.69 Å². The Morgan fingerprint density at radius 2 is 2.04 bits per heavy atom. The van der Waals surface area contributed by atoms with Crippen molar-refractivity contribution in [2.45, 2.75) is 13.1 Å². The number of hydrogen-bond acceptors (Lipinski definition) is 4. The van der Waals surface area contributed by atoms with Crippen molar-refractivity contribution in [1.29, 1.82) is 0 Å². The van der Waals surface area contributed by atoms with Gasteiger partial charge in [-0.25, -0.2) is 13.5 Å². The highest BCUT2D eigenvalue weighted by atomic mass is 19.1. The maximum atomic E-state index is 13.7. The molecule has 8 heteroatoms. The van der Waals surface area contributed by atoms with Gasteiger partial charge in [0, 0.05) is 24.7 Å². The van der Waals surface area contributed by atoms with E-state index in [1.54, 1.807) is 19.4 Å². The van der Waals surface area contributed by atoms with Crippen LogP contribution in [0, 0.1) is 11.6 Å². The minimum absolute atomic E-state index is 0.0951. The van der Waals surface area contributed by atoms with Crippen LogP contribution in [0.4, 0.5) is 8.78 Å². The molecular weight excluding hydrogens is 318 g/mol. The average Bonchev–Trinajstić information content (AvgIpc) is 3.22. The van der Waals surface area contributed by atoms with Gasteiger partial charge in [0.2, 0.25) is 0 Å². The van der Waals surface area contributed by atoms with Crippen molar-refractivity contribution in [3.05, 3.63) is 71.4 Å². The number of benzene rings is 1. The normalized spacial score (nSPS) is 10.8. The highest BCUT2D eigenvalue weighted by Crippen LogP contribution is 2.14. The number of hydrogen-bond donors (Lipinski definition) is 0. The summed E-state index contributed by atoms with van der Waals surface area (Å²) in [6.07, 6.45) is 4.43. The van der Waals surface area contributed by atoms with E-state index in [2.05, 4.69) is 10.3 Å². The lowest BCUT2D eigenvalue weighted by Gasteiger charge is -2.13. The first kappa shape index (κ1) is 15.9. The Bertz CT molecular complexity index is 825. The molecule has 0 radical (unpaired) electrons. The molecule has 124 valence electrons. The summed E-state index contributed by atoms with van der Waals surface area (Å²) in [5, 5.41) is 7.54. The van der Waals surface area contributed by atoms with Crippen LogP contribution in [-0.2, 0) is 13.1 Å². The first-order chi connectivity index (χ1) is 11.5. The van der Waals surface area contributed by atoms with Crippen molar-refractivity contribution in [3.8, 4) is 0 Å². The number of carbonyl (C=O) groups excluding carboxylic acids is 1. The third-order valence-corrected chi connectivity index (χ3v) is 3.49. The molecule has 0 saturated carbocycles. The fourth-order valence-corrected chi connectivity index (χ4v) is 2.24. The predicted octanol–water partition coefficient (Wildman–Crippen LogP) is 2.47. The lowest BCUT2D eigenvalue weighted by molar-refractivity contribution is 0.0779. The van der Waals surface area contributed by atoms with E-state index >= 15 is 0 Å². The van der Waals surface area contributed by atoms with Crippen LogP contribution in [0.3, 0.4) is 0 Å². The average molecular weight is 332 g/mol. The van der Waals surface area contributed by atoms with Gasteiger partial charge in [-0.15, -0.1) is 5.10 Å². The Kier molecular flexibility index (Phi) is 4.37. The molecule has 0 bridgehead atoms. The van der Waals surface area contributed by atoms with Gasteiger partial charge in [-0.3, -0.25) is 4.79 Å². The number of aromatic nitrogens is 3. The van der Waals surface area contributed by atoms with E-state index in [1.807, 2.05) is 0 Å². The van der Waals surface area contributed by atoms with Gasteiger partial charge in [0.25, 0.3) is 5.91 Å². The Balaban J connectivity index is 1.72. The molecule has 0 aliphatic heterocycles.